The maximum atomic E-state index is 11.1. The van der Waals surface area contributed by atoms with Gasteiger partial charge >= 0.3 is 0 Å². The second-order valence-electron chi connectivity index (χ2n) is 15.0. The molecule has 1 aromatic rings. The van der Waals surface area contributed by atoms with Crippen LogP contribution in [0.1, 0.15) is 73.8 Å². The van der Waals surface area contributed by atoms with E-state index < -0.39 is 28.8 Å². The highest BCUT2D eigenvalue weighted by Crippen LogP contribution is 2.40. The van der Waals surface area contributed by atoms with Gasteiger partial charge in [0.1, 0.15) is 11.9 Å². The van der Waals surface area contributed by atoms with Crippen molar-refractivity contribution in [1.82, 2.24) is 0 Å². The molecule has 1 aromatic carbocycles. The Labute approximate surface area is 266 Å². The minimum Gasteiger partial charge on any atom is -0.497 e. The van der Waals surface area contributed by atoms with E-state index in [4.69, 9.17) is 23.1 Å². The zero-order valence-corrected chi connectivity index (χ0v) is 31.9. The zero-order chi connectivity index (χ0) is 33.2. The van der Waals surface area contributed by atoms with Crippen LogP contribution in [0.5, 0.6) is 5.75 Å². The molecule has 6 nitrogen and oxygen atoms in total. The highest BCUT2D eigenvalue weighted by Gasteiger charge is 2.42. The lowest BCUT2D eigenvalue weighted by Crippen LogP contribution is -2.47. The average molecular weight is 637 g/mol. The summed E-state index contributed by atoms with van der Waals surface area (Å²) < 4.78 is 30.8. The SMILES string of the molecule is C=C[C@@H](OC)[C@H](O)C[C@H](O[Si](C)(C)C(C)(C)C)[C@@H](C)/C=C(\C)[C@H](CCOCc1ccc(OC)cc1)O[Si](C)(C)C(C)(C)C. The van der Waals surface area contributed by atoms with Crippen molar-refractivity contribution < 1.29 is 28.2 Å². The first-order valence-electron chi connectivity index (χ1n) is 15.8. The fourth-order valence-electron chi connectivity index (χ4n) is 4.35. The molecule has 8 heteroatoms. The van der Waals surface area contributed by atoms with E-state index in [1.54, 1.807) is 20.3 Å². The fraction of sp³-hybridized carbons (Fsp3) is 0.714. The molecule has 0 aromatic heterocycles. The number of aliphatic hydroxyl groups excluding tert-OH is 1. The van der Waals surface area contributed by atoms with Crippen LogP contribution < -0.4 is 4.74 Å². The lowest BCUT2D eigenvalue weighted by atomic mass is 9.93. The van der Waals surface area contributed by atoms with Crippen molar-refractivity contribution in [3.8, 4) is 5.75 Å². The summed E-state index contributed by atoms with van der Waals surface area (Å²) in [6, 6.07) is 7.98. The monoisotopic (exact) mass is 636 g/mol. The molecular formula is C35H64O6Si2. The molecule has 0 aliphatic rings. The molecule has 0 radical (unpaired) electrons. The molecule has 248 valence electrons. The predicted octanol–water partition coefficient (Wildman–Crippen LogP) is 8.92. The minimum absolute atomic E-state index is 0.0446. The summed E-state index contributed by atoms with van der Waals surface area (Å²) in [5, 5.41) is 11.2. The Kier molecular flexibility index (Phi) is 15.6. The third-order valence-corrected chi connectivity index (χ3v) is 18.4. The van der Waals surface area contributed by atoms with Crippen LogP contribution in [-0.4, -0.2) is 67.0 Å². The third kappa shape index (κ3) is 12.6. The summed E-state index contributed by atoms with van der Waals surface area (Å²) in [6.45, 7) is 32.0. The van der Waals surface area contributed by atoms with Crippen LogP contribution in [0.15, 0.2) is 48.6 Å². The minimum atomic E-state index is -2.12. The molecule has 0 heterocycles. The van der Waals surface area contributed by atoms with Gasteiger partial charge in [-0.2, -0.15) is 0 Å². The molecule has 0 aliphatic heterocycles. The third-order valence-electron chi connectivity index (χ3n) is 9.43. The van der Waals surface area contributed by atoms with Crippen molar-refractivity contribution in [2.75, 3.05) is 20.8 Å². The van der Waals surface area contributed by atoms with Crippen LogP contribution in [-0.2, 0) is 24.9 Å². The molecule has 5 atom stereocenters. The van der Waals surface area contributed by atoms with Crippen molar-refractivity contribution in [2.45, 2.75) is 136 Å². The topological polar surface area (TPSA) is 66.4 Å². The van der Waals surface area contributed by atoms with E-state index in [9.17, 15) is 5.11 Å². The van der Waals surface area contributed by atoms with E-state index in [-0.39, 0.29) is 28.2 Å². The number of methoxy groups -OCH3 is 2. The van der Waals surface area contributed by atoms with Crippen LogP contribution in [0.3, 0.4) is 0 Å². The first-order chi connectivity index (χ1) is 19.7. The summed E-state index contributed by atoms with van der Waals surface area (Å²) in [5.74, 6) is 0.892. The Morgan fingerprint density at radius 1 is 0.930 bits per heavy atom. The molecule has 43 heavy (non-hydrogen) atoms. The zero-order valence-electron chi connectivity index (χ0n) is 29.9. The van der Waals surface area contributed by atoms with E-state index in [1.807, 2.05) is 24.3 Å². The summed E-state index contributed by atoms with van der Waals surface area (Å²) in [7, 11) is -0.901. The molecule has 0 saturated heterocycles. The van der Waals surface area contributed by atoms with Crippen molar-refractivity contribution in [3.63, 3.8) is 0 Å². The largest absolute Gasteiger partial charge is 0.497 e. The highest BCUT2D eigenvalue weighted by atomic mass is 28.4. The molecule has 0 saturated carbocycles. The van der Waals surface area contributed by atoms with Gasteiger partial charge in [-0.25, -0.2) is 0 Å². The van der Waals surface area contributed by atoms with Crippen molar-refractivity contribution >= 4 is 16.6 Å². The van der Waals surface area contributed by atoms with E-state index in [0.717, 1.165) is 17.7 Å². The quantitative estimate of drug-likeness (QED) is 0.0986. The summed E-state index contributed by atoms with van der Waals surface area (Å²) in [5.41, 5.74) is 2.29. The smallest absolute Gasteiger partial charge is 0.192 e. The summed E-state index contributed by atoms with van der Waals surface area (Å²) >= 11 is 0. The molecule has 1 rings (SSSR count). The van der Waals surface area contributed by atoms with Crippen LogP contribution in [0.4, 0.5) is 0 Å². The van der Waals surface area contributed by atoms with E-state index in [1.165, 1.54) is 5.57 Å². The van der Waals surface area contributed by atoms with E-state index in [0.29, 0.717) is 19.6 Å². The summed E-state index contributed by atoms with van der Waals surface area (Å²) in [4.78, 5) is 0. The second-order valence-corrected chi connectivity index (χ2v) is 24.5. The number of rotatable bonds is 18. The van der Waals surface area contributed by atoms with Crippen LogP contribution in [0.25, 0.3) is 0 Å². The van der Waals surface area contributed by atoms with Crippen LogP contribution in [0, 0.1) is 5.92 Å². The van der Waals surface area contributed by atoms with Gasteiger partial charge in [0.2, 0.25) is 0 Å². The number of hydrogen-bond donors (Lipinski definition) is 1. The van der Waals surface area contributed by atoms with Gasteiger partial charge in [0, 0.05) is 20.1 Å². The average Bonchev–Trinajstić information content (AvgIpc) is 2.89. The molecule has 0 fully saturated rings. The van der Waals surface area contributed by atoms with Gasteiger partial charge in [0.15, 0.2) is 16.6 Å². The molecule has 0 unspecified atom stereocenters. The molecule has 0 aliphatic carbocycles. The first-order valence-corrected chi connectivity index (χ1v) is 21.6. The Morgan fingerprint density at radius 3 is 1.93 bits per heavy atom. The number of ether oxygens (including phenoxy) is 3. The van der Waals surface area contributed by atoms with Gasteiger partial charge in [-0.1, -0.05) is 72.8 Å². The standard InChI is InChI=1S/C35H64O6Si2/c1-16-31(38-11)30(36)24-33(41-43(14,15)35(7,8)9)27(3)23-26(2)32(40-42(12,13)34(4,5)6)21-22-39-25-28-17-19-29(37-10)20-18-28/h16-20,23,27,30-33,36H,1,21-22,24-25H2,2-15H3/b26-23+/t27-,30+,31+,32-,33-/m0/s1. The predicted molar refractivity (Wildman–Crippen MR) is 186 cm³/mol. The molecule has 0 amide bonds. The summed E-state index contributed by atoms with van der Waals surface area (Å²) in [6.07, 6.45) is 3.77. The van der Waals surface area contributed by atoms with Gasteiger partial charge in [-0.05, 0) is 78.8 Å². The van der Waals surface area contributed by atoms with E-state index in [2.05, 4.69) is 94.2 Å². The number of benzene rings is 1. The lowest BCUT2D eigenvalue weighted by Gasteiger charge is -2.42. The van der Waals surface area contributed by atoms with Crippen molar-refractivity contribution in [3.05, 3.63) is 54.1 Å². The maximum absolute atomic E-state index is 11.1. The molecule has 0 bridgehead atoms. The van der Waals surface area contributed by atoms with Crippen LogP contribution in [0.2, 0.25) is 36.3 Å². The molecule has 1 N–H and O–H groups in total. The maximum Gasteiger partial charge on any atom is 0.192 e. The Hall–Kier alpha value is -1.27. The van der Waals surface area contributed by atoms with Gasteiger partial charge in [-0.3, -0.25) is 0 Å². The Morgan fingerprint density at radius 2 is 1.47 bits per heavy atom. The molecule has 0 spiro atoms. The Bertz CT molecular complexity index is 991. The van der Waals surface area contributed by atoms with Crippen LogP contribution >= 0.6 is 0 Å². The lowest BCUT2D eigenvalue weighted by molar-refractivity contribution is -0.0149. The van der Waals surface area contributed by atoms with Crippen molar-refractivity contribution in [2.24, 2.45) is 5.92 Å². The van der Waals surface area contributed by atoms with Gasteiger partial charge in [0.25, 0.3) is 0 Å². The number of hydrogen-bond acceptors (Lipinski definition) is 6. The Balaban J connectivity index is 3.25. The second kappa shape index (κ2) is 16.9. The number of aliphatic hydroxyl groups is 1. The van der Waals surface area contributed by atoms with Gasteiger partial charge in [-0.15, -0.1) is 6.58 Å². The van der Waals surface area contributed by atoms with E-state index >= 15 is 0 Å². The van der Waals surface area contributed by atoms with Crippen molar-refractivity contribution in [1.29, 1.82) is 0 Å². The highest BCUT2D eigenvalue weighted by molar-refractivity contribution is 6.74. The normalized spacial score (nSPS) is 17.2. The van der Waals surface area contributed by atoms with Gasteiger partial charge < -0.3 is 28.2 Å². The fourth-order valence-corrected chi connectivity index (χ4v) is 7.14. The van der Waals surface area contributed by atoms with Gasteiger partial charge in [0.05, 0.1) is 32.0 Å². The molecular weight excluding hydrogens is 573 g/mol. The first kappa shape index (κ1) is 39.8.